The van der Waals surface area contributed by atoms with Crippen LogP contribution in [-0.2, 0) is 0 Å². The van der Waals surface area contributed by atoms with E-state index in [2.05, 4.69) is 5.32 Å². The molecule has 4 aromatic rings. The van der Waals surface area contributed by atoms with E-state index < -0.39 is 29.3 Å². The lowest BCUT2D eigenvalue weighted by Crippen LogP contribution is -2.16. The molecule has 0 radical (unpaired) electrons. The highest BCUT2D eigenvalue weighted by Gasteiger charge is 2.19. The number of hydrogen-bond acceptors (Lipinski definition) is 3. The average Bonchev–Trinajstić information content (AvgIpc) is 2.81. The van der Waals surface area contributed by atoms with Crippen LogP contribution in [0, 0.1) is 24.4 Å². The van der Waals surface area contributed by atoms with Crippen molar-refractivity contribution in [3.8, 4) is 16.9 Å². The molecule has 0 unspecified atom stereocenters. The molecule has 4 aromatic carbocycles. The molecule has 0 saturated carbocycles. The molecular formula is C27H18F3NO3. The van der Waals surface area contributed by atoms with Crippen molar-refractivity contribution in [3.63, 3.8) is 0 Å². The van der Waals surface area contributed by atoms with E-state index in [0.717, 1.165) is 29.8 Å². The molecule has 1 amide bonds. The van der Waals surface area contributed by atoms with Gasteiger partial charge < -0.3 is 10.1 Å². The Morgan fingerprint density at radius 2 is 1.44 bits per heavy atom. The summed E-state index contributed by atoms with van der Waals surface area (Å²) < 4.78 is 46.3. The van der Waals surface area contributed by atoms with Crippen molar-refractivity contribution in [2.45, 2.75) is 6.92 Å². The topological polar surface area (TPSA) is 55.4 Å². The molecule has 1 N–H and O–H groups in total. The number of amides is 1. The first kappa shape index (κ1) is 22.8. The van der Waals surface area contributed by atoms with Gasteiger partial charge in [0.15, 0.2) is 0 Å². The fourth-order valence-electron chi connectivity index (χ4n) is 3.27. The molecule has 4 nitrogen and oxygen atoms in total. The van der Waals surface area contributed by atoms with Crippen molar-refractivity contribution in [1.82, 2.24) is 0 Å². The van der Waals surface area contributed by atoms with Crippen LogP contribution >= 0.6 is 0 Å². The van der Waals surface area contributed by atoms with Crippen molar-refractivity contribution in [2.24, 2.45) is 0 Å². The first-order valence-corrected chi connectivity index (χ1v) is 10.3. The van der Waals surface area contributed by atoms with Gasteiger partial charge in [0.05, 0.1) is 11.1 Å². The first-order valence-electron chi connectivity index (χ1n) is 10.3. The number of halogens is 3. The van der Waals surface area contributed by atoms with Gasteiger partial charge in [-0.25, -0.2) is 18.0 Å². The van der Waals surface area contributed by atoms with Crippen molar-refractivity contribution >= 4 is 17.6 Å². The number of carbonyl (C=O) groups is 2. The number of esters is 1. The molecule has 0 bridgehead atoms. The van der Waals surface area contributed by atoms with Gasteiger partial charge in [-0.05, 0) is 73.2 Å². The number of anilines is 1. The van der Waals surface area contributed by atoms with E-state index >= 15 is 0 Å². The predicted octanol–water partition coefficient (Wildman–Crippen LogP) is 6.55. The third-order valence-corrected chi connectivity index (χ3v) is 5.06. The smallest absolute Gasteiger partial charge is 0.343 e. The molecular weight excluding hydrogens is 443 g/mol. The third kappa shape index (κ3) is 5.15. The van der Waals surface area contributed by atoms with Crippen molar-refractivity contribution < 1.29 is 27.5 Å². The van der Waals surface area contributed by atoms with Gasteiger partial charge >= 0.3 is 5.97 Å². The molecule has 7 heteroatoms. The summed E-state index contributed by atoms with van der Waals surface area (Å²) in [6.45, 7) is 1.90. The van der Waals surface area contributed by atoms with Crippen molar-refractivity contribution in [2.75, 3.05) is 5.32 Å². The van der Waals surface area contributed by atoms with Crippen LogP contribution in [0.2, 0.25) is 0 Å². The maximum Gasteiger partial charge on any atom is 0.343 e. The normalized spacial score (nSPS) is 10.6. The van der Waals surface area contributed by atoms with E-state index in [1.807, 2.05) is 19.1 Å². The van der Waals surface area contributed by atoms with Crippen LogP contribution in [0.25, 0.3) is 11.1 Å². The number of aryl methyl sites for hydroxylation is 1. The van der Waals surface area contributed by atoms with Gasteiger partial charge in [-0.15, -0.1) is 0 Å². The van der Waals surface area contributed by atoms with Crippen LogP contribution in [0.1, 0.15) is 26.3 Å². The SMILES string of the molecule is Cc1ccc(NC(=O)c2cc(-c3ccc(F)cc3F)ccc2OC(=O)c2ccc(F)cc2)cc1. The van der Waals surface area contributed by atoms with Crippen LogP contribution in [-0.4, -0.2) is 11.9 Å². The molecule has 0 saturated heterocycles. The Hall–Kier alpha value is -4.39. The Morgan fingerprint density at radius 3 is 2.12 bits per heavy atom. The van der Waals surface area contributed by atoms with E-state index in [1.54, 1.807) is 12.1 Å². The number of benzene rings is 4. The zero-order valence-electron chi connectivity index (χ0n) is 17.9. The second-order valence-electron chi connectivity index (χ2n) is 7.55. The highest BCUT2D eigenvalue weighted by molar-refractivity contribution is 6.07. The largest absolute Gasteiger partial charge is 0.422 e. The monoisotopic (exact) mass is 461 g/mol. The van der Waals surface area contributed by atoms with Gasteiger partial charge in [0.1, 0.15) is 23.2 Å². The second-order valence-corrected chi connectivity index (χ2v) is 7.55. The number of carbonyl (C=O) groups excluding carboxylic acids is 2. The van der Waals surface area contributed by atoms with E-state index in [-0.39, 0.29) is 28.0 Å². The summed E-state index contributed by atoms with van der Waals surface area (Å²) in [5.74, 6) is -3.53. The third-order valence-electron chi connectivity index (χ3n) is 5.06. The van der Waals surface area contributed by atoms with Crippen molar-refractivity contribution in [1.29, 1.82) is 0 Å². The molecule has 0 heterocycles. The Kier molecular flexibility index (Phi) is 6.45. The minimum Gasteiger partial charge on any atom is -0.422 e. The van der Waals surface area contributed by atoms with E-state index in [1.165, 1.54) is 36.4 Å². The average molecular weight is 461 g/mol. The quantitative estimate of drug-likeness (QED) is 0.271. The number of rotatable bonds is 5. The highest BCUT2D eigenvalue weighted by Crippen LogP contribution is 2.30. The summed E-state index contributed by atoms with van der Waals surface area (Å²) in [6.07, 6.45) is 0. The van der Waals surface area contributed by atoms with Crippen LogP contribution in [0.5, 0.6) is 5.75 Å². The zero-order valence-corrected chi connectivity index (χ0v) is 17.9. The van der Waals surface area contributed by atoms with Crippen LogP contribution in [0.15, 0.2) is 84.9 Å². The van der Waals surface area contributed by atoms with Crippen molar-refractivity contribution in [3.05, 3.63) is 119 Å². The fourth-order valence-corrected chi connectivity index (χ4v) is 3.27. The van der Waals surface area contributed by atoms with E-state index in [0.29, 0.717) is 5.69 Å². The Morgan fingerprint density at radius 1 is 0.765 bits per heavy atom. The first-order chi connectivity index (χ1) is 16.3. The number of hydrogen-bond donors (Lipinski definition) is 1. The summed E-state index contributed by atoms with van der Waals surface area (Å²) in [5.41, 5.74) is 1.90. The van der Waals surface area contributed by atoms with Crippen LogP contribution < -0.4 is 10.1 Å². The zero-order chi connectivity index (χ0) is 24.2. The van der Waals surface area contributed by atoms with E-state index in [9.17, 15) is 22.8 Å². The van der Waals surface area contributed by atoms with Crippen LogP contribution in [0.3, 0.4) is 0 Å². The lowest BCUT2D eigenvalue weighted by Gasteiger charge is -2.13. The molecule has 0 aliphatic heterocycles. The maximum absolute atomic E-state index is 14.4. The molecule has 0 fully saturated rings. The summed E-state index contributed by atoms with van der Waals surface area (Å²) >= 11 is 0. The minimum atomic E-state index is -0.805. The predicted molar refractivity (Wildman–Crippen MR) is 122 cm³/mol. The molecule has 0 aliphatic carbocycles. The molecule has 0 aliphatic rings. The van der Waals surface area contributed by atoms with E-state index in [4.69, 9.17) is 4.74 Å². The lowest BCUT2D eigenvalue weighted by molar-refractivity contribution is 0.0733. The Bertz CT molecular complexity index is 1370. The lowest BCUT2D eigenvalue weighted by atomic mass is 10.0. The molecule has 0 atom stereocenters. The highest BCUT2D eigenvalue weighted by atomic mass is 19.1. The van der Waals surface area contributed by atoms with Crippen LogP contribution in [0.4, 0.5) is 18.9 Å². The Labute approximate surface area is 193 Å². The molecule has 34 heavy (non-hydrogen) atoms. The molecule has 170 valence electrons. The number of ether oxygens (including phenoxy) is 1. The molecule has 0 aromatic heterocycles. The standard InChI is InChI=1S/C27H18F3NO3/c1-16-2-10-21(11-3-16)31-26(32)23-14-18(22-12-9-20(29)15-24(22)30)6-13-25(23)34-27(33)17-4-7-19(28)8-5-17/h2-15H,1H3,(H,31,32). The number of nitrogens with one attached hydrogen (secondary N) is 1. The van der Waals surface area contributed by atoms with Gasteiger partial charge in [-0.1, -0.05) is 23.8 Å². The maximum atomic E-state index is 14.4. The van der Waals surface area contributed by atoms with Gasteiger partial charge in [-0.3, -0.25) is 4.79 Å². The minimum absolute atomic E-state index is 0.0442. The van der Waals surface area contributed by atoms with Gasteiger partial charge in [0.2, 0.25) is 0 Å². The Balaban J connectivity index is 1.71. The fraction of sp³-hybridized carbons (Fsp3) is 0.0370. The summed E-state index contributed by atoms with van der Waals surface area (Å²) in [7, 11) is 0. The molecule has 0 spiro atoms. The summed E-state index contributed by atoms with van der Waals surface area (Å²) in [5, 5.41) is 2.72. The summed E-state index contributed by atoms with van der Waals surface area (Å²) in [6, 6.07) is 19.0. The van der Waals surface area contributed by atoms with Gasteiger partial charge in [-0.2, -0.15) is 0 Å². The van der Waals surface area contributed by atoms with Gasteiger partial charge in [0.25, 0.3) is 5.91 Å². The van der Waals surface area contributed by atoms with Gasteiger partial charge in [0, 0.05) is 17.3 Å². The second kappa shape index (κ2) is 9.62. The summed E-state index contributed by atoms with van der Waals surface area (Å²) in [4.78, 5) is 25.7. The molecule has 4 rings (SSSR count).